The smallest absolute Gasteiger partial charge is 0.127 e. The molecule has 0 unspecified atom stereocenters. The van der Waals surface area contributed by atoms with Crippen LogP contribution in [-0.2, 0) is 19.3 Å². The quantitative estimate of drug-likeness (QED) is 0.339. The van der Waals surface area contributed by atoms with Crippen molar-refractivity contribution in [2.75, 3.05) is 0 Å². The molecule has 0 aromatic heterocycles. The number of rotatable bonds is 4. The van der Waals surface area contributed by atoms with Gasteiger partial charge in [0, 0.05) is 17.2 Å². The van der Waals surface area contributed by atoms with Crippen LogP contribution in [0.15, 0.2) is 54.6 Å². The van der Waals surface area contributed by atoms with Crippen LogP contribution in [0.1, 0.15) is 54.0 Å². The van der Waals surface area contributed by atoms with Crippen LogP contribution in [0, 0.1) is 23.5 Å². The Hall–Kier alpha value is -2.92. The Kier molecular flexibility index (Phi) is 5.76. The molecule has 0 heterocycles. The van der Waals surface area contributed by atoms with Crippen molar-refractivity contribution in [1.29, 1.82) is 0 Å². The summed E-state index contributed by atoms with van der Waals surface area (Å²) in [7, 11) is 0. The second-order valence-electron chi connectivity index (χ2n) is 7.73. The molecule has 0 nitrogen and oxygen atoms in total. The van der Waals surface area contributed by atoms with Crippen molar-refractivity contribution in [3.8, 4) is 23.0 Å². The number of benzene rings is 3. The van der Waals surface area contributed by atoms with Gasteiger partial charge in [-0.3, -0.25) is 0 Å². The van der Waals surface area contributed by atoms with Gasteiger partial charge >= 0.3 is 0 Å². The number of hydrogen-bond acceptors (Lipinski definition) is 0. The van der Waals surface area contributed by atoms with Crippen molar-refractivity contribution < 1.29 is 8.78 Å². The highest BCUT2D eigenvalue weighted by atomic mass is 19.1. The van der Waals surface area contributed by atoms with Gasteiger partial charge in [0.05, 0.1) is 0 Å². The SMILES string of the molecule is CCCCCc1ccc2c(c1)CCc1cc(C#Cc3cc(F)cc(F)c3)ccc1-2. The maximum Gasteiger partial charge on any atom is 0.127 e. The second kappa shape index (κ2) is 8.62. The topological polar surface area (TPSA) is 0 Å². The van der Waals surface area contributed by atoms with E-state index in [1.165, 1.54) is 59.2 Å². The number of fused-ring (bicyclic) bond motifs is 3. The van der Waals surface area contributed by atoms with Crippen molar-refractivity contribution in [2.24, 2.45) is 0 Å². The molecule has 0 N–H and O–H groups in total. The molecular weight excluding hydrogens is 362 g/mol. The standard InChI is InChI=1S/C27H24F2/c1-2-3-4-5-19-8-12-26-22(14-19)10-11-23-15-20(9-13-27(23)26)6-7-21-16-24(28)18-25(29)17-21/h8-9,12-18H,2-5,10-11H2,1H3. The van der Waals surface area contributed by atoms with Gasteiger partial charge in [-0.25, -0.2) is 8.78 Å². The van der Waals surface area contributed by atoms with E-state index < -0.39 is 11.6 Å². The zero-order valence-corrected chi connectivity index (χ0v) is 16.7. The van der Waals surface area contributed by atoms with Gasteiger partial charge in [-0.1, -0.05) is 55.9 Å². The van der Waals surface area contributed by atoms with Gasteiger partial charge in [0.15, 0.2) is 0 Å². The summed E-state index contributed by atoms with van der Waals surface area (Å²) in [5.74, 6) is 4.70. The van der Waals surface area contributed by atoms with E-state index in [2.05, 4.69) is 49.1 Å². The minimum atomic E-state index is -0.606. The third-order valence-electron chi connectivity index (χ3n) is 5.51. The third kappa shape index (κ3) is 4.57. The summed E-state index contributed by atoms with van der Waals surface area (Å²) < 4.78 is 26.7. The highest BCUT2D eigenvalue weighted by Gasteiger charge is 2.16. The molecule has 0 amide bonds. The normalized spacial score (nSPS) is 12.0. The molecule has 0 bridgehead atoms. The lowest BCUT2D eigenvalue weighted by molar-refractivity contribution is 0.582. The summed E-state index contributed by atoms with van der Waals surface area (Å²) in [5.41, 5.74) is 7.96. The van der Waals surface area contributed by atoms with Crippen LogP contribution in [0.5, 0.6) is 0 Å². The molecular formula is C27H24F2. The summed E-state index contributed by atoms with van der Waals surface area (Å²) in [6, 6.07) is 16.5. The van der Waals surface area contributed by atoms with Crippen LogP contribution in [0.3, 0.4) is 0 Å². The minimum Gasteiger partial charge on any atom is -0.207 e. The molecule has 3 aromatic rings. The van der Waals surface area contributed by atoms with Crippen molar-refractivity contribution in [3.05, 3.63) is 94.0 Å². The van der Waals surface area contributed by atoms with Crippen molar-refractivity contribution in [1.82, 2.24) is 0 Å². The molecule has 0 saturated carbocycles. The first-order valence-corrected chi connectivity index (χ1v) is 10.4. The summed E-state index contributed by atoms with van der Waals surface area (Å²) in [6.45, 7) is 2.23. The first kappa shape index (κ1) is 19.4. The fraction of sp³-hybridized carbons (Fsp3) is 0.259. The van der Waals surface area contributed by atoms with Gasteiger partial charge < -0.3 is 0 Å². The number of hydrogen-bond donors (Lipinski definition) is 0. The Balaban J connectivity index is 1.57. The van der Waals surface area contributed by atoms with Gasteiger partial charge in [0.1, 0.15) is 11.6 Å². The Morgan fingerprint density at radius 2 is 1.38 bits per heavy atom. The fourth-order valence-electron chi connectivity index (χ4n) is 4.03. The largest absolute Gasteiger partial charge is 0.207 e. The van der Waals surface area contributed by atoms with Crippen LogP contribution in [0.25, 0.3) is 11.1 Å². The molecule has 0 fully saturated rings. The monoisotopic (exact) mass is 386 g/mol. The number of halogens is 2. The molecule has 1 aliphatic carbocycles. The molecule has 0 spiro atoms. The van der Waals surface area contributed by atoms with Gasteiger partial charge in [0.2, 0.25) is 0 Å². The average Bonchev–Trinajstić information content (AvgIpc) is 2.71. The predicted octanol–water partition coefficient (Wildman–Crippen LogP) is 6.86. The molecule has 0 saturated heterocycles. The molecule has 29 heavy (non-hydrogen) atoms. The Labute approximate surface area is 171 Å². The molecule has 4 rings (SSSR count). The predicted molar refractivity (Wildman–Crippen MR) is 115 cm³/mol. The molecule has 0 radical (unpaired) electrons. The zero-order chi connectivity index (χ0) is 20.2. The lowest BCUT2D eigenvalue weighted by Gasteiger charge is -2.21. The van der Waals surface area contributed by atoms with Crippen molar-refractivity contribution in [2.45, 2.75) is 45.4 Å². The Morgan fingerprint density at radius 1 is 0.724 bits per heavy atom. The van der Waals surface area contributed by atoms with Crippen LogP contribution < -0.4 is 0 Å². The average molecular weight is 386 g/mol. The highest BCUT2D eigenvalue weighted by molar-refractivity contribution is 5.74. The highest BCUT2D eigenvalue weighted by Crippen LogP contribution is 2.34. The Morgan fingerprint density at radius 3 is 2.10 bits per heavy atom. The number of unbranched alkanes of at least 4 members (excludes halogenated alkanes) is 2. The van der Waals surface area contributed by atoms with Gasteiger partial charge in [0.25, 0.3) is 0 Å². The molecule has 0 atom stereocenters. The minimum absolute atomic E-state index is 0.348. The first-order chi connectivity index (χ1) is 14.1. The molecule has 0 aliphatic heterocycles. The van der Waals surface area contributed by atoms with Crippen LogP contribution in [0.4, 0.5) is 8.78 Å². The molecule has 146 valence electrons. The van der Waals surface area contributed by atoms with E-state index in [1.54, 1.807) is 0 Å². The van der Waals surface area contributed by atoms with E-state index in [1.807, 2.05) is 6.07 Å². The van der Waals surface area contributed by atoms with Gasteiger partial charge in [-0.05, 0) is 77.8 Å². The van der Waals surface area contributed by atoms with Gasteiger partial charge in [-0.2, -0.15) is 0 Å². The first-order valence-electron chi connectivity index (χ1n) is 10.4. The Bertz CT molecular complexity index is 1080. The van der Waals surface area contributed by atoms with Crippen LogP contribution >= 0.6 is 0 Å². The maximum absolute atomic E-state index is 13.3. The summed E-state index contributed by atoms with van der Waals surface area (Å²) in [5, 5.41) is 0. The summed E-state index contributed by atoms with van der Waals surface area (Å²) in [6.07, 6.45) is 6.97. The molecule has 2 heteroatoms. The van der Waals surface area contributed by atoms with E-state index in [0.717, 1.165) is 30.9 Å². The third-order valence-corrected chi connectivity index (χ3v) is 5.51. The number of aryl methyl sites for hydroxylation is 3. The van der Waals surface area contributed by atoms with E-state index in [9.17, 15) is 8.78 Å². The van der Waals surface area contributed by atoms with E-state index in [0.29, 0.717) is 5.56 Å². The van der Waals surface area contributed by atoms with E-state index in [4.69, 9.17) is 0 Å². The lowest BCUT2D eigenvalue weighted by Crippen LogP contribution is -2.05. The van der Waals surface area contributed by atoms with Crippen molar-refractivity contribution >= 4 is 0 Å². The summed E-state index contributed by atoms with van der Waals surface area (Å²) in [4.78, 5) is 0. The van der Waals surface area contributed by atoms with Crippen molar-refractivity contribution in [3.63, 3.8) is 0 Å². The van der Waals surface area contributed by atoms with Gasteiger partial charge in [-0.15, -0.1) is 0 Å². The van der Waals surface area contributed by atoms with E-state index >= 15 is 0 Å². The van der Waals surface area contributed by atoms with E-state index in [-0.39, 0.29) is 0 Å². The summed E-state index contributed by atoms with van der Waals surface area (Å²) >= 11 is 0. The van der Waals surface area contributed by atoms with Crippen LogP contribution in [0.2, 0.25) is 0 Å². The fourth-order valence-corrected chi connectivity index (χ4v) is 4.03. The molecule has 1 aliphatic rings. The second-order valence-corrected chi connectivity index (χ2v) is 7.73. The van der Waals surface area contributed by atoms with Crippen LogP contribution in [-0.4, -0.2) is 0 Å². The zero-order valence-electron chi connectivity index (χ0n) is 16.7. The lowest BCUT2D eigenvalue weighted by atomic mass is 9.83. The molecule has 3 aromatic carbocycles. The maximum atomic E-state index is 13.3.